The molecule has 0 radical (unpaired) electrons. The second-order valence-corrected chi connectivity index (χ2v) is 12.8. The molecule has 0 unspecified atom stereocenters. The first-order valence-electron chi connectivity index (χ1n) is 14.0. The van der Waals surface area contributed by atoms with Gasteiger partial charge in [-0.15, -0.1) is 0 Å². The highest BCUT2D eigenvalue weighted by molar-refractivity contribution is 7.89. The van der Waals surface area contributed by atoms with Crippen molar-refractivity contribution in [1.82, 2.24) is 9.21 Å². The smallest absolute Gasteiger partial charge is 0.323 e. The lowest BCUT2D eigenvalue weighted by molar-refractivity contribution is -0.134. The maximum Gasteiger partial charge on any atom is 0.323 e. The Hall–Kier alpha value is -4.20. The molecule has 3 amide bonds. The molecule has 3 aromatic carbocycles. The van der Waals surface area contributed by atoms with Crippen molar-refractivity contribution in [2.45, 2.75) is 37.3 Å². The molecule has 11 nitrogen and oxygen atoms in total. The standard InChI is InChI=1S/C31H37FN4O7S/c1-20-17-36(21(2)19-37)30(38)16-22-15-25(34-31(39)33-24-7-5-23(32)6-8-24)9-14-28(22)43-29(20)18-35(3)44(40,41)27-12-10-26(42-4)11-13-27/h5-15,20-21,29,37H,16-19H2,1-4H3,(H2,33,34,39)/t20-,21+,29+/m0/s1. The first kappa shape index (κ1) is 32.7. The molecule has 0 fully saturated rings. The average molecular weight is 629 g/mol. The molecular weight excluding hydrogens is 591 g/mol. The van der Waals surface area contributed by atoms with E-state index in [0.717, 1.165) is 0 Å². The summed E-state index contributed by atoms with van der Waals surface area (Å²) >= 11 is 0. The normalized spacial score (nSPS) is 17.9. The SMILES string of the molecule is COc1ccc(S(=O)(=O)N(C)C[C@H]2Oc3ccc(NC(=O)Nc4ccc(F)cc4)cc3CC(=O)N([C@H](C)CO)C[C@@H]2C)cc1. The Kier molecular flexibility index (Phi) is 10.4. The maximum atomic E-state index is 13.5. The van der Waals surface area contributed by atoms with Crippen molar-refractivity contribution < 1.29 is 37.0 Å². The van der Waals surface area contributed by atoms with Crippen LogP contribution in [-0.2, 0) is 21.2 Å². The van der Waals surface area contributed by atoms with E-state index in [1.807, 2.05) is 6.92 Å². The fourth-order valence-corrected chi connectivity index (χ4v) is 6.01. The van der Waals surface area contributed by atoms with Crippen LogP contribution in [0.5, 0.6) is 11.5 Å². The van der Waals surface area contributed by atoms with Crippen molar-refractivity contribution in [3.8, 4) is 11.5 Å². The van der Waals surface area contributed by atoms with Gasteiger partial charge in [0, 0.05) is 36.4 Å². The summed E-state index contributed by atoms with van der Waals surface area (Å²) in [5.74, 6) is -0.114. The highest BCUT2D eigenvalue weighted by Crippen LogP contribution is 2.30. The number of aliphatic hydroxyl groups excluding tert-OH is 1. The number of aliphatic hydroxyl groups is 1. The minimum absolute atomic E-state index is 0.0232. The van der Waals surface area contributed by atoms with Crippen LogP contribution in [0.4, 0.5) is 20.6 Å². The van der Waals surface area contributed by atoms with Gasteiger partial charge in [0.25, 0.3) is 0 Å². The molecule has 0 saturated heterocycles. The third-order valence-electron chi connectivity index (χ3n) is 7.48. The minimum Gasteiger partial charge on any atom is -0.497 e. The Morgan fingerprint density at radius 3 is 2.39 bits per heavy atom. The molecule has 3 N–H and O–H groups in total. The second kappa shape index (κ2) is 14.1. The summed E-state index contributed by atoms with van der Waals surface area (Å²) in [5.41, 5.74) is 1.25. The van der Waals surface area contributed by atoms with Crippen molar-refractivity contribution in [3.05, 3.63) is 78.1 Å². The molecule has 236 valence electrons. The average Bonchev–Trinajstić information content (AvgIpc) is 3.05. The molecule has 3 aromatic rings. The van der Waals surface area contributed by atoms with Gasteiger partial charge in [-0.05, 0) is 73.7 Å². The number of hydrogen-bond acceptors (Lipinski definition) is 7. The van der Waals surface area contributed by atoms with E-state index in [1.165, 1.54) is 54.9 Å². The summed E-state index contributed by atoms with van der Waals surface area (Å²) in [6.45, 7) is 3.54. The van der Waals surface area contributed by atoms with Crippen LogP contribution < -0.4 is 20.1 Å². The zero-order valence-corrected chi connectivity index (χ0v) is 25.8. The van der Waals surface area contributed by atoms with E-state index in [0.29, 0.717) is 28.4 Å². The highest BCUT2D eigenvalue weighted by Gasteiger charge is 2.33. The van der Waals surface area contributed by atoms with Crippen molar-refractivity contribution in [1.29, 1.82) is 0 Å². The van der Waals surface area contributed by atoms with Crippen LogP contribution in [0.1, 0.15) is 19.4 Å². The monoisotopic (exact) mass is 628 g/mol. The number of carbonyl (C=O) groups is 2. The topological polar surface area (TPSA) is 138 Å². The van der Waals surface area contributed by atoms with Crippen LogP contribution in [-0.4, -0.2) is 80.7 Å². The number of likely N-dealkylation sites (N-methyl/N-ethyl adjacent to an activating group) is 1. The van der Waals surface area contributed by atoms with Gasteiger partial charge in [-0.25, -0.2) is 17.6 Å². The molecule has 1 aliphatic rings. The Bertz CT molecular complexity index is 1570. The molecule has 0 aromatic heterocycles. The number of carbonyl (C=O) groups excluding carboxylic acids is 2. The number of halogens is 1. The number of benzene rings is 3. The molecule has 13 heteroatoms. The van der Waals surface area contributed by atoms with Gasteiger partial charge in [0.1, 0.15) is 23.4 Å². The van der Waals surface area contributed by atoms with Gasteiger partial charge in [-0.2, -0.15) is 4.31 Å². The number of methoxy groups -OCH3 is 1. The minimum atomic E-state index is -3.89. The van der Waals surface area contributed by atoms with E-state index in [1.54, 1.807) is 42.2 Å². The quantitative estimate of drug-likeness (QED) is 0.326. The third kappa shape index (κ3) is 7.84. The van der Waals surface area contributed by atoms with Gasteiger partial charge in [0.05, 0.1) is 37.6 Å². The fraction of sp³-hybridized carbons (Fsp3) is 0.355. The Balaban J connectivity index is 1.60. The van der Waals surface area contributed by atoms with Crippen LogP contribution >= 0.6 is 0 Å². The van der Waals surface area contributed by atoms with Crippen LogP contribution in [0.2, 0.25) is 0 Å². The summed E-state index contributed by atoms with van der Waals surface area (Å²) in [5, 5.41) is 15.2. The summed E-state index contributed by atoms with van der Waals surface area (Å²) in [6.07, 6.45) is -0.750. The van der Waals surface area contributed by atoms with Crippen molar-refractivity contribution in [2.24, 2.45) is 5.92 Å². The predicted octanol–water partition coefficient (Wildman–Crippen LogP) is 3.95. The number of nitrogens with zero attached hydrogens (tertiary/aromatic N) is 2. The molecule has 0 aliphatic carbocycles. The Morgan fingerprint density at radius 1 is 1.11 bits per heavy atom. The summed E-state index contributed by atoms with van der Waals surface area (Å²) in [4.78, 5) is 27.7. The Morgan fingerprint density at radius 2 is 1.75 bits per heavy atom. The number of fused-ring (bicyclic) bond motifs is 1. The van der Waals surface area contributed by atoms with Gasteiger partial charge in [-0.3, -0.25) is 4.79 Å². The number of sulfonamides is 1. The molecule has 3 atom stereocenters. The number of anilines is 2. The van der Waals surface area contributed by atoms with Crippen molar-refractivity contribution in [2.75, 3.05) is 44.5 Å². The molecule has 1 aliphatic heterocycles. The van der Waals surface area contributed by atoms with E-state index < -0.39 is 34.0 Å². The van der Waals surface area contributed by atoms with Crippen molar-refractivity contribution in [3.63, 3.8) is 0 Å². The second-order valence-electron chi connectivity index (χ2n) is 10.8. The lowest BCUT2D eigenvalue weighted by Gasteiger charge is -2.33. The van der Waals surface area contributed by atoms with Crippen LogP contribution in [0.3, 0.4) is 0 Å². The van der Waals surface area contributed by atoms with Gasteiger partial charge < -0.3 is 30.1 Å². The van der Waals surface area contributed by atoms with Gasteiger partial charge in [-0.1, -0.05) is 6.92 Å². The number of hydrogen-bond donors (Lipinski definition) is 3. The van der Waals surface area contributed by atoms with E-state index in [2.05, 4.69) is 10.6 Å². The zero-order valence-electron chi connectivity index (χ0n) is 25.0. The summed E-state index contributed by atoms with van der Waals surface area (Å²) in [6, 6.07) is 15.2. The van der Waals surface area contributed by atoms with Crippen LogP contribution in [0, 0.1) is 11.7 Å². The molecule has 44 heavy (non-hydrogen) atoms. The first-order chi connectivity index (χ1) is 20.9. The maximum absolute atomic E-state index is 13.5. The number of rotatable bonds is 9. The van der Waals surface area contributed by atoms with Crippen LogP contribution in [0.25, 0.3) is 0 Å². The number of urea groups is 1. The van der Waals surface area contributed by atoms with Gasteiger partial charge in [0.15, 0.2) is 0 Å². The Labute approximate surface area is 256 Å². The largest absolute Gasteiger partial charge is 0.497 e. The van der Waals surface area contributed by atoms with E-state index in [9.17, 15) is 27.5 Å². The molecule has 0 bridgehead atoms. The molecule has 0 saturated carbocycles. The highest BCUT2D eigenvalue weighted by atomic mass is 32.2. The third-order valence-corrected chi connectivity index (χ3v) is 9.32. The molecule has 4 rings (SSSR count). The molecule has 0 spiro atoms. The van der Waals surface area contributed by atoms with E-state index in [-0.39, 0.29) is 42.8 Å². The number of amides is 3. The van der Waals surface area contributed by atoms with Gasteiger partial charge >= 0.3 is 6.03 Å². The molecule has 1 heterocycles. The lowest BCUT2D eigenvalue weighted by atomic mass is 10.0. The summed E-state index contributed by atoms with van der Waals surface area (Å²) in [7, 11) is -0.922. The first-order valence-corrected chi connectivity index (χ1v) is 15.5. The zero-order chi connectivity index (χ0) is 32.0. The predicted molar refractivity (Wildman–Crippen MR) is 164 cm³/mol. The van der Waals surface area contributed by atoms with Gasteiger partial charge in [0.2, 0.25) is 15.9 Å². The number of ether oxygens (including phenoxy) is 2. The summed E-state index contributed by atoms with van der Waals surface area (Å²) < 4.78 is 52.8. The van der Waals surface area contributed by atoms with Crippen LogP contribution in [0.15, 0.2) is 71.6 Å². The molecular formula is C31H37FN4O7S. The number of nitrogens with one attached hydrogen (secondary N) is 2. The van der Waals surface area contributed by atoms with E-state index in [4.69, 9.17) is 9.47 Å². The fourth-order valence-electron chi connectivity index (χ4n) is 4.83. The van der Waals surface area contributed by atoms with Crippen molar-refractivity contribution >= 4 is 33.3 Å². The lowest BCUT2D eigenvalue weighted by Crippen LogP contribution is -2.48. The van der Waals surface area contributed by atoms with E-state index >= 15 is 0 Å².